The van der Waals surface area contributed by atoms with Gasteiger partial charge >= 0.3 is 0 Å². The van der Waals surface area contributed by atoms with E-state index in [-0.39, 0.29) is 16.3 Å². The predicted molar refractivity (Wildman–Crippen MR) is 82.9 cm³/mol. The Morgan fingerprint density at radius 1 is 1.47 bits per heavy atom. The second-order valence-corrected chi connectivity index (χ2v) is 12.1. The molecular weight excluding hydrogens is 276 g/mol. The molecule has 1 aromatic heterocycles. The zero-order valence-corrected chi connectivity index (χ0v) is 14.5. The molecule has 1 atom stereocenters. The average molecular weight is 300 g/mol. The van der Waals surface area contributed by atoms with Crippen molar-refractivity contribution >= 4 is 25.2 Å². The van der Waals surface area contributed by atoms with Crippen molar-refractivity contribution in [3.8, 4) is 0 Å². The summed E-state index contributed by atoms with van der Waals surface area (Å²) in [4.78, 5) is 11.2. The summed E-state index contributed by atoms with van der Waals surface area (Å²) in [6.45, 7) is 12.6. The van der Waals surface area contributed by atoms with Gasteiger partial charge in [-0.15, -0.1) is 0 Å². The Labute approximate surface area is 121 Å². The van der Waals surface area contributed by atoms with Crippen LogP contribution in [0.5, 0.6) is 0 Å². The number of furan rings is 1. The molecule has 1 heterocycles. The van der Waals surface area contributed by atoms with E-state index in [1.165, 1.54) is 11.8 Å². The summed E-state index contributed by atoms with van der Waals surface area (Å²) in [7, 11) is -1.88. The summed E-state index contributed by atoms with van der Waals surface area (Å²) in [6, 6.07) is 3.77. The molecule has 0 spiro atoms. The van der Waals surface area contributed by atoms with E-state index >= 15 is 0 Å². The fourth-order valence-electron chi connectivity index (χ4n) is 1.37. The molecule has 0 unspecified atom stereocenters. The topological polar surface area (TPSA) is 39.4 Å². The predicted octanol–water partition coefficient (Wildman–Crippen LogP) is 4.62. The Morgan fingerprint density at radius 2 is 2.11 bits per heavy atom. The van der Waals surface area contributed by atoms with Crippen LogP contribution >= 0.6 is 11.8 Å². The van der Waals surface area contributed by atoms with Crippen molar-refractivity contribution in [2.45, 2.75) is 51.9 Å². The van der Waals surface area contributed by atoms with Gasteiger partial charge in [-0.3, -0.25) is 4.79 Å². The number of carbonyl (C=O) groups is 1. The van der Waals surface area contributed by atoms with Crippen LogP contribution in [0.3, 0.4) is 0 Å². The van der Waals surface area contributed by atoms with E-state index in [9.17, 15) is 4.79 Å². The second kappa shape index (κ2) is 6.28. The van der Waals surface area contributed by atoms with E-state index in [0.717, 1.165) is 5.76 Å². The van der Waals surface area contributed by atoms with Crippen molar-refractivity contribution in [2.75, 3.05) is 5.75 Å². The van der Waals surface area contributed by atoms with Crippen LogP contribution in [0.25, 0.3) is 0 Å². The number of hydrogen-bond donors (Lipinski definition) is 0. The molecule has 0 bridgehead atoms. The van der Waals surface area contributed by atoms with Crippen molar-refractivity contribution in [3.63, 3.8) is 0 Å². The fraction of sp³-hybridized carbons (Fsp3) is 0.643. The first-order chi connectivity index (χ1) is 8.63. The molecule has 3 nitrogen and oxygen atoms in total. The minimum Gasteiger partial charge on any atom is -0.467 e. The van der Waals surface area contributed by atoms with E-state index in [1.54, 1.807) is 13.2 Å². The molecule has 1 rings (SSSR count). The highest BCUT2D eigenvalue weighted by Crippen LogP contribution is 2.40. The van der Waals surface area contributed by atoms with Gasteiger partial charge in [0.05, 0.1) is 6.26 Å². The Bertz CT molecular complexity index is 407. The Kier molecular flexibility index (Phi) is 5.47. The first-order valence-electron chi connectivity index (χ1n) is 6.48. The fourth-order valence-corrected chi connectivity index (χ4v) is 3.38. The molecule has 0 saturated carbocycles. The summed E-state index contributed by atoms with van der Waals surface area (Å²) >= 11 is 1.29. The van der Waals surface area contributed by atoms with E-state index in [2.05, 4.69) is 33.9 Å². The van der Waals surface area contributed by atoms with Gasteiger partial charge < -0.3 is 8.84 Å². The van der Waals surface area contributed by atoms with Crippen LogP contribution in [0.15, 0.2) is 22.8 Å². The third kappa shape index (κ3) is 4.82. The number of carbonyl (C=O) groups excluding carboxylic acids is 1. The van der Waals surface area contributed by atoms with Gasteiger partial charge in [-0.1, -0.05) is 32.5 Å². The van der Waals surface area contributed by atoms with E-state index < -0.39 is 8.32 Å². The SMILES string of the molecule is CC(=O)SC[C@@H](O[Si](C)(C)C(C)(C)C)c1ccco1. The lowest BCUT2D eigenvalue weighted by atomic mass is 10.2. The quantitative estimate of drug-likeness (QED) is 0.744. The summed E-state index contributed by atoms with van der Waals surface area (Å²) < 4.78 is 11.8. The van der Waals surface area contributed by atoms with Crippen molar-refractivity contribution in [1.29, 1.82) is 0 Å². The first-order valence-corrected chi connectivity index (χ1v) is 10.4. The molecule has 19 heavy (non-hydrogen) atoms. The zero-order valence-electron chi connectivity index (χ0n) is 12.6. The van der Waals surface area contributed by atoms with Crippen LogP contribution in [0, 0.1) is 0 Å². The van der Waals surface area contributed by atoms with Crippen molar-refractivity contribution < 1.29 is 13.6 Å². The lowest BCUT2D eigenvalue weighted by molar-refractivity contribution is -0.109. The molecule has 0 N–H and O–H groups in total. The molecule has 0 aliphatic rings. The number of hydrogen-bond acceptors (Lipinski definition) is 4. The van der Waals surface area contributed by atoms with Crippen LogP contribution < -0.4 is 0 Å². The highest BCUT2D eigenvalue weighted by Gasteiger charge is 2.40. The molecule has 0 aromatic carbocycles. The van der Waals surface area contributed by atoms with Crippen LogP contribution in [-0.2, 0) is 9.22 Å². The van der Waals surface area contributed by atoms with Crippen molar-refractivity contribution in [1.82, 2.24) is 0 Å². The molecule has 1 aromatic rings. The molecule has 0 aliphatic heterocycles. The first kappa shape index (κ1) is 16.5. The van der Waals surface area contributed by atoms with Crippen molar-refractivity contribution in [2.24, 2.45) is 0 Å². The highest BCUT2D eigenvalue weighted by atomic mass is 32.2. The maximum Gasteiger partial charge on any atom is 0.193 e. The van der Waals surface area contributed by atoms with Crippen LogP contribution in [-0.4, -0.2) is 19.2 Å². The molecule has 0 amide bonds. The van der Waals surface area contributed by atoms with Gasteiger partial charge in [0.15, 0.2) is 13.4 Å². The van der Waals surface area contributed by atoms with Crippen molar-refractivity contribution in [3.05, 3.63) is 24.2 Å². The van der Waals surface area contributed by atoms with Gasteiger partial charge in [0, 0.05) is 12.7 Å². The second-order valence-electron chi connectivity index (χ2n) is 6.18. The summed E-state index contributed by atoms with van der Waals surface area (Å²) in [5, 5.41) is 0.244. The average Bonchev–Trinajstić information content (AvgIpc) is 2.75. The molecule has 0 saturated heterocycles. The summed E-state index contributed by atoms with van der Waals surface area (Å²) in [5.41, 5.74) is 0. The van der Waals surface area contributed by atoms with Gasteiger partial charge in [-0.2, -0.15) is 0 Å². The number of rotatable bonds is 5. The molecule has 0 aliphatic carbocycles. The Morgan fingerprint density at radius 3 is 2.53 bits per heavy atom. The van der Waals surface area contributed by atoms with E-state index in [0.29, 0.717) is 5.75 Å². The lowest BCUT2D eigenvalue weighted by Gasteiger charge is -2.38. The maximum atomic E-state index is 11.2. The third-order valence-electron chi connectivity index (χ3n) is 3.54. The summed E-state index contributed by atoms with van der Waals surface area (Å²) in [5.74, 6) is 1.41. The molecular formula is C14H24O3SSi. The van der Waals surface area contributed by atoms with Crippen LogP contribution in [0.2, 0.25) is 18.1 Å². The summed E-state index contributed by atoms with van der Waals surface area (Å²) in [6.07, 6.45) is 1.50. The Hall–Kier alpha value is -0.523. The van der Waals surface area contributed by atoms with Crippen LogP contribution in [0.1, 0.15) is 39.6 Å². The zero-order chi connectivity index (χ0) is 14.7. The Balaban J connectivity index is 2.83. The minimum absolute atomic E-state index is 0.107. The van der Waals surface area contributed by atoms with Gasteiger partial charge in [-0.05, 0) is 30.3 Å². The maximum absolute atomic E-state index is 11.2. The van der Waals surface area contributed by atoms with Gasteiger partial charge in [0.25, 0.3) is 0 Å². The lowest BCUT2D eigenvalue weighted by Crippen LogP contribution is -2.42. The standard InChI is InChI=1S/C14H24O3SSi/c1-11(15)18-10-13(12-8-7-9-16-12)17-19(5,6)14(2,3)4/h7-9,13H,10H2,1-6H3/t13-/m1/s1. The third-order valence-corrected chi connectivity index (χ3v) is 8.90. The smallest absolute Gasteiger partial charge is 0.193 e. The van der Waals surface area contributed by atoms with Gasteiger partial charge in [-0.25, -0.2) is 0 Å². The monoisotopic (exact) mass is 300 g/mol. The van der Waals surface area contributed by atoms with Gasteiger partial charge in [0.1, 0.15) is 11.9 Å². The highest BCUT2D eigenvalue weighted by molar-refractivity contribution is 8.13. The molecule has 0 radical (unpaired) electrons. The molecule has 0 fully saturated rings. The van der Waals surface area contributed by atoms with E-state index in [1.807, 2.05) is 12.1 Å². The van der Waals surface area contributed by atoms with Gasteiger partial charge in [0.2, 0.25) is 0 Å². The minimum atomic E-state index is -1.88. The van der Waals surface area contributed by atoms with Crippen LogP contribution in [0.4, 0.5) is 0 Å². The van der Waals surface area contributed by atoms with E-state index in [4.69, 9.17) is 8.84 Å². The molecule has 5 heteroatoms. The number of thioether (sulfide) groups is 1. The largest absolute Gasteiger partial charge is 0.467 e. The normalized spacial score (nSPS) is 14.4. The molecule has 108 valence electrons.